The van der Waals surface area contributed by atoms with Crippen LogP contribution < -0.4 is 14.8 Å². The van der Waals surface area contributed by atoms with Gasteiger partial charge in [-0.2, -0.15) is 0 Å². The predicted octanol–water partition coefficient (Wildman–Crippen LogP) is 4.17. The van der Waals surface area contributed by atoms with E-state index in [9.17, 15) is 9.59 Å². The molecule has 0 aliphatic carbocycles. The lowest BCUT2D eigenvalue weighted by molar-refractivity contribution is -0.130. The number of hydrogen-bond acceptors (Lipinski definition) is 6. The molecule has 1 N–H and O–H groups in total. The second kappa shape index (κ2) is 10.8. The molecule has 1 aromatic heterocycles. The summed E-state index contributed by atoms with van der Waals surface area (Å²) in [6.45, 7) is 1.91. The summed E-state index contributed by atoms with van der Waals surface area (Å²) in [5, 5.41) is 5.49. The van der Waals surface area contributed by atoms with E-state index in [2.05, 4.69) is 10.3 Å². The van der Waals surface area contributed by atoms with Crippen LogP contribution in [0.5, 0.6) is 11.5 Å². The average molecular weight is 454 g/mol. The minimum atomic E-state index is -0.287. The van der Waals surface area contributed by atoms with Gasteiger partial charge in [0.05, 0.1) is 18.7 Å². The number of carbonyl (C=O) groups excluding carboxylic acids is 2. The molecule has 2 amide bonds. The van der Waals surface area contributed by atoms with Crippen molar-refractivity contribution in [2.75, 3.05) is 27.8 Å². The predicted molar refractivity (Wildman–Crippen MR) is 125 cm³/mol. The van der Waals surface area contributed by atoms with Crippen LogP contribution in [0.1, 0.15) is 35.4 Å². The molecule has 0 aliphatic heterocycles. The summed E-state index contributed by atoms with van der Waals surface area (Å²) >= 11 is 1.39. The summed E-state index contributed by atoms with van der Waals surface area (Å²) in [7, 11) is 4.97. The number of para-hydroxylation sites is 2. The lowest BCUT2D eigenvalue weighted by Gasteiger charge is -2.20. The largest absolute Gasteiger partial charge is 0.496 e. The van der Waals surface area contributed by atoms with Crippen LogP contribution in [0.3, 0.4) is 0 Å². The Balaban J connectivity index is 1.76. The maximum Gasteiger partial charge on any atom is 0.271 e. The van der Waals surface area contributed by atoms with Crippen LogP contribution in [0.25, 0.3) is 10.6 Å². The normalized spacial score (nSPS) is 11.5. The van der Waals surface area contributed by atoms with Crippen molar-refractivity contribution >= 4 is 23.2 Å². The van der Waals surface area contributed by atoms with E-state index in [4.69, 9.17) is 9.47 Å². The van der Waals surface area contributed by atoms with E-state index in [0.29, 0.717) is 28.6 Å². The number of ether oxygens (including phenoxy) is 2. The Morgan fingerprint density at radius 1 is 1.09 bits per heavy atom. The van der Waals surface area contributed by atoms with E-state index < -0.39 is 0 Å². The molecule has 0 radical (unpaired) electrons. The zero-order valence-corrected chi connectivity index (χ0v) is 19.4. The Hall–Kier alpha value is -3.39. The van der Waals surface area contributed by atoms with Crippen LogP contribution in [0.4, 0.5) is 0 Å². The van der Waals surface area contributed by atoms with Crippen molar-refractivity contribution in [2.24, 2.45) is 0 Å². The summed E-state index contributed by atoms with van der Waals surface area (Å²) in [6.07, 6.45) is 0.650. The first-order valence-electron chi connectivity index (χ1n) is 10.3. The van der Waals surface area contributed by atoms with Crippen molar-refractivity contribution in [2.45, 2.75) is 19.4 Å². The minimum absolute atomic E-state index is 0.0667. The second-order valence-electron chi connectivity index (χ2n) is 7.29. The Kier molecular flexibility index (Phi) is 7.83. The first kappa shape index (κ1) is 23.3. The number of nitrogens with one attached hydrogen (secondary N) is 1. The highest BCUT2D eigenvalue weighted by atomic mass is 32.1. The van der Waals surface area contributed by atoms with Crippen LogP contribution in [0.2, 0.25) is 0 Å². The molecule has 2 aromatic carbocycles. The number of amides is 2. The molecule has 0 bridgehead atoms. The quantitative estimate of drug-likeness (QED) is 0.526. The number of thiazole rings is 1. The van der Waals surface area contributed by atoms with Gasteiger partial charge in [0.1, 0.15) is 22.2 Å². The maximum atomic E-state index is 13.0. The molecule has 0 spiro atoms. The van der Waals surface area contributed by atoms with Gasteiger partial charge in [0.15, 0.2) is 6.61 Å². The zero-order valence-electron chi connectivity index (χ0n) is 18.6. The van der Waals surface area contributed by atoms with Crippen molar-refractivity contribution < 1.29 is 19.1 Å². The molecular formula is C24H27N3O4S. The molecule has 1 unspecified atom stereocenters. The van der Waals surface area contributed by atoms with Gasteiger partial charge in [-0.05, 0) is 24.6 Å². The fraction of sp³-hybridized carbons (Fsp3) is 0.292. The molecule has 1 heterocycles. The van der Waals surface area contributed by atoms with Gasteiger partial charge in [0.25, 0.3) is 11.8 Å². The van der Waals surface area contributed by atoms with Crippen LogP contribution >= 0.6 is 11.3 Å². The zero-order chi connectivity index (χ0) is 23.1. The van der Waals surface area contributed by atoms with E-state index in [1.54, 1.807) is 32.7 Å². The van der Waals surface area contributed by atoms with Gasteiger partial charge >= 0.3 is 0 Å². The molecule has 1 atom stereocenters. The van der Waals surface area contributed by atoms with Gasteiger partial charge in [-0.3, -0.25) is 9.59 Å². The third-order valence-electron chi connectivity index (χ3n) is 4.93. The van der Waals surface area contributed by atoms with Crippen molar-refractivity contribution in [3.63, 3.8) is 0 Å². The number of methoxy groups -OCH3 is 1. The van der Waals surface area contributed by atoms with E-state index in [1.165, 1.54) is 16.2 Å². The molecule has 168 valence electrons. The molecular weight excluding hydrogens is 426 g/mol. The van der Waals surface area contributed by atoms with Crippen LogP contribution in [-0.2, 0) is 4.79 Å². The highest BCUT2D eigenvalue weighted by Crippen LogP contribution is 2.32. The summed E-state index contributed by atoms with van der Waals surface area (Å²) in [6, 6.07) is 14.7. The first-order valence-corrected chi connectivity index (χ1v) is 11.1. The van der Waals surface area contributed by atoms with Gasteiger partial charge in [-0.15, -0.1) is 11.3 Å². The Morgan fingerprint density at radius 3 is 2.47 bits per heavy atom. The van der Waals surface area contributed by atoms with Gasteiger partial charge in [-0.25, -0.2) is 4.98 Å². The van der Waals surface area contributed by atoms with Crippen LogP contribution in [0.15, 0.2) is 53.9 Å². The second-order valence-corrected chi connectivity index (χ2v) is 8.15. The van der Waals surface area contributed by atoms with E-state index >= 15 is 0 Å². The topological polar surface area (TPSA) is 80.8 Å². The van der Waals surface area contributed by atoms with Crippen molar-refractivity contribution in [1.29, 1.82) is 0 Å². The van der Waals surface area contributed by atoms with E-state index in [1.807, 2.05) is 49.4 Å². The Bertz CT molecular complexity index is 1080. The molecule has 0 aliphatic rings. The van der Waals surface area contributed by atoms with Gasteiger partial charge in [0.2, 0.25) is 0 Å². The monoisotopic (exact) mass is 453 g/mol. The standard InChI is InChI=1S/C24H27N3O4S/c1-5-18(16-10-6-9-13-21(16)31-14-22(28)27(2)3)25-23(29)19-15-32-24(26-19)17-11-7-8-12-20(17)30-4/h6-13,15,18H,5,14H2,1-4H3,(H,25,29). The highest BCUT2D eigenvalue weighted by molar-refractivity contribution is 7.13. The molecule has 0 saturated carbocycles. The van der Waals surface area contributed by atoms with Gasteiger partial charge in [0, 0.05) is 25.0 Å². The molecule has 8 heteroatoms. The lowest BCUT2D eigenvalue weighted by atomic mass is 10.0. The summed E-state index contributed by atoms with van der Waals surface area (Å²) in [5.74, 6) is 0.873. The fourth-order valence-electron chi connectivity index (χ4n) is 3.12. The number of likely N-dealkylation sites (N-methyl/N-ethyl adjacent to an activating group) is 1. The molecule has 7 nitrogen and oxygen atoms in total. The third kappa shape index (κ3) is 5.45. The highest BCUT2D eigenvalue weighted by Gasteiger charge is 2.21. The van der Waals surface area contributed by atoms with Crippen molar-refractivity contribution in [3.8, 4) is 22.1 Å². The Morgan fingerprint density at radius 2 is 1.78 bits per heavy atom. The Labute approximate surface area is 192 Å². The SMILES string of the molecule is CCC(NC(=O)c1csc(-c2ccccc2OC)n1)c1ccccc1OCC(=O)N(C)C. The van der Waals surface area contributed by atoms with Gasteiger partial charge < -0.3 is 19.7 Å². The summed E-state index contributed by atoms with van der Waals surface area (Å²) in [4.78, 5) is 30.9. The van der Waals surface area contributed by atoms with Crippen molar-refractivity contribution in [3.05, 3.63) is 65.2 Å². The first-order chi connectivity index (χ1) is 15.4. The van der Waals surface area contributed by atoms with Gasteiger partial charge in [-0.1, -0.05) is 37.3 Å². The molecule has 0 saturated heterocycles. The van der Waals surface area contributed by atoms with Crippen LogP contribution in [0, 0.1) is 0 Å². The van der Waals surface area contributed by atoms with Crippen LogP contribution in [-0.4, -0.2) is 49.5 Å². The number of carbonyl (C=O) groups is 2. The summed E-state index contributed by atoms with van der Waals surface area (Å²) < 4.78 is 11.1. The molecule has 3 rings (SSSR count). The number of benzene rings is 2. The third-order valence-corrected chi connectivity index (χ3v) is 5.81. The average Bonchev–Trinajstić information content (AvgIpc) is 3.31. The smallest absolute Gasteiger partial charge is 0.271 e. The number of aromatic nitrogens is 1. The number of hydrogen-bond donors (Lipinski definition) is 1. The van der Waals surface area contributed by atoms with E-state index in [0.717, 1.165) is 11.1 Å². The minimum Gasteiger partial charge on any atom is -0.496 e. The number of rotatable bonds is 9. The summed E-state index contributed by atoms with van der Waals surface area (Å²) in [5.41, 5.74) is 2.00. The maximum absolute atomic E-state index is 13.0. The number of nitrogens with zero attached hydrogens (tertiary/aromatic N) is 2. The molecule has 32 heavy (non-hydrogen) atoms. The van der Waals surface area contributed by atoms with Crippen molar-refractivity contribution in [1.82, 2.24) is 15.2 Å². The fourth-order valence-corrected chi connectivity index (χ4v) is 3.95. The van der Waals surface area contributed by atoms with E-state index in [-0.39, 0.29) is 24.5 Å². The lowest BCUT2D eigenvalue weighted by Crippen LogP contribution is -2.30. The molecule has 3 aromatic rings. The molecule has 0 fully saturated rings.